The molecule has 4 fully saturated rings. The third-order valence-electron chi connectivity index (χ3n) is 9.29. The number of nitrogens with zero attached hydrogens (tertiary/aromatic N) is 5. The smallest absolute Gasteiger partial charge is 0.236 e. The molecule has 206 valence electrons. The summed E-state index contributed by atoms with van der Waals surface area (Å²) in [5, 5.41) is 0.777. The monoisotopic (exact) mass is 534 g/mol. The van der Waals surface area contributed by atoms with E-state index in [1.54, 1.807) is 17.0 Å². The number of aromatic nitrogens is 3. The van der Waals surface area contributed by atoms with Gasteiger partial charge < -0.3 is 24.7 Å². The molecule has 2 bridgehead atoms. The van der Waals surface area contributed by atoms with E-state index in [9.17, 15) is 9.18 Å². The quantitative estimate of drug-likeness (QED) is 0.494. The van der Waals surface area contributed by atoms with Crippen molar-refractivity contribution in [3.05, 3.63) is 36.5 Å². The van der Waals surface area contributed by atoms with E-state index in [1.165, 1.54) is 12.4 Å². The Morgan fingerprint density at radius 1 is 1.21 bits per heavy atom. The van der Waals surface area contributed by atoms with Crippen molar-refractivity contribution in [1.82, 2.24) is 24.3 Å². The number of nitrogen functional groups attached to an aromatic ring is 1. The van der Waals surface area contributed by atoms with Gasteiger partial charge in [0.05, 0.1) is 18.0 Å². The lowest BCUT2D eigenvalue weighted by Crippen LogP contribution is -2.50. The fraction of sp³-hybridized carbons (Fsp3) is 0.552. The first-order chi connectivity index (χ1) is 18.9. The first kappa shape index (κ1) is 24.8. The molecule has 9 nitrogen and oxygen atoms in total. The molecule has 1 aromatic carbocycles. The Bertz CT molecular complexity index is 1410. The normalized spacial score (nSPS) is 28.8. The maximum Gasteiger partial charge on any atom is 0.236 e. The summed E-state index contributed by atoms with van der Waals surface area (Å²) in [6.07, 6.45) is 9.96. The summed E-state index contributed by atoms with van der Waals surface area (Å²) in [7, 11) is 1.87. The van der Waals surface area contributed by atoms with Crippen molar-refractivity contribution < 1.29 is 18.7 Å². The second kappa shape index (κ2) is 9.45. The van der Waals surface area contributed by atoms with Gasteiger partial charge >= 0.3 is 0 Å². The van der Waals surface area contributed by atoms with E-state index in [1.807, 2.05) is 7.05 Å². The SMILES string of the molecule is CN1CCN(CC2CC(n3cc(-c4ccc(F)c(OCC56CCC(CC5)O6)c4)c4c(N)ncnc43)C2)CC1=O. The molecule has 3 aromatic rings. The number of benzene rings is 1. The van der Waals surface area contributed by atoms with E-state index in [0.717, 1.165) is 80.3 Å². The minimum atomic E-state index is -0.389. The predicted molar refractivity (Wildman–Crippen MR) is 145 cm³/mol. The fourth-order valence-corrected chi connectivity index (χ4v) is 6.89. The van der Waals surface area contributed by atoms with Crippen molar-refractivity contribution in [2.45, 2.75) is 56.3 Å². The van der Waals surface area contributed by atoms with Crippen LogP contribution in [0.25, 0.3) is 22.2 Å². The number of piperazine rings is 1. The number of hydrogen-bond donors (Lipinski definition) is 1. The minimum Gasteiger partial charge on any atom is -0.487 e. The molecule has 5 heterocycles. The molecule has 39 heavy (non-hydrogen) atoms. The summed E-state index contributed by atoms with van der Waals surface area (Å²) in [6.45, 7) is 3.51. The molecule has 2 N–H and O–H groups in total. The Balaban J connectivity index is 1.11. The molecule has 3 aliphatic heterocycles. The average Bonchev–Trinajstić information content (AvgIpc) is 3.62. The maximum absolute atomic E-state index is 14.8. The number of rotatable bonds is 7. The van der Waals surface area contributed by atoms with Gasteiger partial charge in [-0.25, -0.2) is 14.4 Å². The van der Waals surface area contributed by atoms with Gasteiger partial charge in [-0.15, -0.1) is 0 Å². The number of carbonyl (C=O) groups is 1. The molecule has 0 radical (unpaired) electrons. The fourth-order valence-electron chi connectivity index (χ4n) is 6.89. The first-order valence-electron chi connectivity index (χ1n) is 14.1. The number of ether oxygens (including phenoxy) is 2. The van der Waals surface area contributed by atoms with Crippen LogP contribution >= 0.6 is 0 Å². The van der Waals surface area contributed by atoms with E-state index in [0.29, 0.717) is 31.0 Å². The third-order valence-corrected chi connectivity index (χ3v) is 9.29. The van der Waals surface area contributed by atoms with E-state index in [-0.39, 0.29) is 29.1 Å². The molecule has 1 amide bonds. The van der Waals surface area contributed by atoms with Crippen LogP contribution in [0.15, 0.2) is 30.7 Å². The third kappa shape index (κ3) is 4.43. The van der Waals surface area contributed by atoms with E-state index in [2.05, 4.69) is 25.6 Å². The van der Waals surface area contributed by atoms with Crippen molar-refractivity contribution in [2.24, 2.45) is 5.92 Å². The van der Waals surface area contributed by atoms with Crippen molar-refractivity contribution in [3.63, 3.8) is 0 Å². The molecule has 0 unspecified atom stereocenters. The Kier molecular flexibility index (Phi) is 6.00. The van der Waals surface area contributed by atoms with Crippen molar-refractivity contribution in [1.29, 1.82) is 0 Å². The lowest BCUT2D eigenvalue weighted by atomic mass is 9.79. The number of fused-ring (bicyclic) bond motifs is 3. The molecule has 10 heteroatoms. The largest absolute Gasteiger partial charge is 0.487 e. The number of halogens is 1. The number of amides is 1. The van der Waals surface area contributed by atoms with Gasteiger partial charge in [0.15, 0.2) is 11.6 Å². The number of nitrogens with two attached hydrogens (primary N) is 1. The highest BCUT2D eigenvalue weighted by Crippen LogP contribution is 2.45. The van der Waals surface area contributed by atoms with Crippen LogP contribution in [0.2, 0.25) is 0 Å². The van der Waals surface area contributed by atoms with E-state index < -0.39 is 0 Å². The topological polar surface area (TPSA) is 98.7 Å². The minimum absolute atomic E-state index is 0.191. The Morgan fingerprint density at radius 3 is 2.77 bits per heavy atom. The summed E-state index contributed by atoms with van der Waals surface area (Å²) in [5.74, 6) is 0.963. The van der Waals surface area contributed by atoms with E-state index >= 15 is 0 Å². The molecule has 7 rings (SSSR count). The first-order valence-corrected chi connectivity index (χ1v) is 14.1. The number of carbonyl (C=O) groups excluding carboxylic acids is 1. The van der Waals surface area contributed by atoms with Gasteiger partial charge in [-0.2, -0.15) is 0 Å². The summed E-state index contributed by atoms with van der Waals surface area (Å²) >= 11 is 0. The summed E-state index contributed by atoms with van der Waals surface area (Å²) in [4.78, 5) is 25.0. The number of anilines is 1. The summed E-state index contributed by atoms with van der Waals surface area (Å²) in [6, 6.07) is 5.26. The zero-order valence-corrected chi connectivity index (χ0v) is 22.3. The van der Waals surface area contributed by atoms with Gasteiger partial charge in [0.25, 0.3) is 0 Å². The van der Waals surface area contributed by atoms with Gasteiger partial charge in [0.1, 0.15) is 30.0 Å². The highest BCUT2D eigenvalue weighted by atomic mass is 19.1. The van der Waals surface area contributed by atoms with Crippen LogP contribution in [-0.2, 0) is 9.53 Å². The van der Waals surface area contributed by atoms with Crippen molar-refractivity contribution in [2.75, 3.05) is 45.6 Å². The molecule has 3 saturated heterocycles. The lowest BCUT2D eigenvalue weighted by Gasteiger charge is -2.41. The molecule has 1 saturated carbocycles. The molecule has 4 aliphatic rings. The highest BCUT2D eigenvalue weighted by molar-refractivity contribution is 6.00. The van der Waals surface area contributed by atoms with Crippen LogP contribution in [0.4, 0.5) is 10.2 Å². The molecule has 0 atom stereocenters. The Morgan fingerprint density at radius 2 is 2.03 bits per heavy atom. The highest BCUT2D eigenvalue weighted by Gasteiger charge is 2.47. The van der Waals surface area contributed by atoms with Gasteiger partial charge in [0.2, 0.25) is 5.91 Å². The average molecular weight is 535 g/mol. The van der Waals surface area contributed by atoms with Gasteiger partial charge in [-0.05, 0) is 62.1 Å². The van der Waals surface area contributed by atoms with Crippen LogP contribution < -0.4 is 10.5 Å². The predicted octanol–water partition coefficient (Wildman–Crippen LogP) is 3.64. The zero-order valence-electron chi connectivity index (χ0n) is 22.3. The van der Waals surface area contributed by atoms with Crippen LogP contribution in [0.1, 0.15) is 44.6 Å². The molecule has 2 aromatic heterocycles. The molecular weight excluding hydrogens is 499 g/mol. The molecular formula is C29H35FN6O3. The van der Waals surface area contributed by atoms with Gasteiger partial charge in [0, 0.05) is 44.5 Å². The second-order valence-electron chi connectivity index (χ2n) is 11.9. The Labute approximate surface area is 227 Å². The number of hydrogen-bond acceptors (Lipinski definition) is 7. The van der Waals surface area contributed by atoms with Gasteiger partial charge in [-0.3, -0.25) is 9.69 Å². The summed E-state index contributed by atoms with van der Waals surface area (Å²) < 4.78 is 29.2. The molecule has 1 aliphatic carbocycles. The number of likely N-dealkylation sites (N-methyl/N-ethyl adjacent to an activating group) is 1. The Hall–Kier alpha value is -3.24. The van der Waals surface area contributed by atoms with Gasteiger partial charge in [-0.1, -0.05) is 6.07 Å². The van der Waals surface area contributed by atoms with Crippen molar-refractivity contribution in [3.8, 4) is 16.9 Å². The zero-order chi connectivity index (χ0) is 26.7. The van der Waals surface area contributed by atoms with Crippen LogP contribution in [0, 0.1) is 11.7 Å². The second-order valence-corrected chi connectivity index (χ2v) is 11.9. The van der Waals surface area contributed by atoms with Crippen LogP contribution in [0.3, 0.4) is 0 Å². The van der Waals surface area contributed by atoms with Crippen LogP contribution in [0.5, 0.6) is 5.75 Å². The standard InChI is InChI=1S/C29H35FN6O3/c1-34-8-9-35(15-25(34)37)13-18-10-20(11-18)36-14-22(26-27(31)32-17-33-28(26)36)19-2-3-23(30)24(12-19)38-16-29-6-4-21(39-29)5-7-29/h2-3,12,14,17-18,20-21H,4-11,13,15-16H2,1H3,(H2,31,32,33). The molecule has 0 spiro atoms. The van der Waals surface area contributed by atoms with E-state index in [4.69, 9.17) is 15.2 Å². The van der Waals surface area contributed by atoms with Crippen molar-refractivity contribution >= 4 is 22.8 Å². The lowest BCUT2D eigenvalue weighted by molar-refractivity contribution is -0.134. The van der Waals surface area contributed by atoms with Crippen LogP contribution in [-0.4, -0.2) is 81.8 Å². The maximum atomic E-state index is 14.8. The summed E-state index contributed by atoms with van der Waals surface area (Å²) in [5.41, 5.74) is 8.56.